The van der Waals surface area contributed by atoms with Crippen LogP contribution in [0.3, 0.4) is 0 Å². The Kier molecular flexibility index (Phi) is 5.67. The monoisotopic (exact) mass is 412 g/mol. The minimum atomic E-state index is -0.904. The van der Waals surface area contributed by atoms with E-state index in [0.717, 1.165) is 10.8 Å². The summed E-state index contributed by atoms with van der Waals surface area (Å²) >= 11 is 0. The molecule has 156 valence electrons. The van der Waals surface area contributed by atoms with Crippen LogP contribution in [0.15, 0.2) is 54.1 Å². The number of amides is 1. The van der Waals surface area contributed by atoms with E-state index in [0.29, 0.717) is 11.1 Å². The standard InChI is InChI=1S/C20H20N4O6/c1-11(18(27)22-9-12-8-16(25)24(3)20(29)23(12)2)21-10-14-17(26)13-6-4-5-7-15(13)30-19(14)28/h4-8,10-11,26H,9H2,1-3H3,(H,22,27). The Morgan fingerprint density at radius 2 is 1.93 bits per heavy atom. The summed E-state index contributed by atoms with van der Waals surface area (Å²) in [4.78, 5) is 52.1. The molecule has 30 heavy (non-hydrogen) atoms. The first kappa shape index (κ1) is 20.8. The minimum Gasteiger partial charge on any atom is -0.506 e. The minimum absolute atomic E-state index is 0.0517. The number of benzene rings is 1. The fourth-order valence-electron chi connectivity index (χ4n) is 2.79. The third-order valence-electron chi connectivity index (χ3n) is 4.70. The molecule has 3 aromatic rings. The van der Waals surface area contributed by atoms with Crippen LogP contribution in [0.5, 0.6) is 5.75 Å². The highest BCUT2D eigenvalue weighted by molar-refractivity contribution is 5.94. The van der Waals surface area contributed by atoms with Crippen molar-refractivity contribution in [3.63, 3.8) is 0 Å². The fourth-order valence-corrected chi connectivity index (χ4v) is 2.79. The Labute approximate surface area is 169 Å². The number of carbonyl (C=O) groups excluding carboxylic acids is 1. The molecule has 1 amide bonds. The van der Waals surface area contributed by atoms with Crippen LogP contribution in [0, 0.1) is 0 Å². The molecule has 1 aromatic carbocycles. The first-order valence-electron chi connectivity index (χ1n) is 9.02. The molecule has 0 saturated carbocycles. The average Bonchev–Trinajstić information content (AvgIpc) is 2.73. The molecule has 10 nitrogen and oxygen atoms in total. The van der Waals surface area contributed by atoms with Gasteiger partial charge in [-0.2, -0.15) is 0 Å². The maximum atomic E-state index is 12.3. The molecule has 0 radical (unpaired) electrons. The van der Waals surface area contributed by atoms with Gasteiger partial charge in [0.15, 0.2) is 0 Å². The van der Waals surface area contributed by atoms with Crippen molar-refractivity contribution < 1.29 is 14.3 Å². The van der Waals surface area contributed by atoms with Crippen molar-refractivity contribution in [2.24, 2.45) is 19.1 Å². The number of para-hydroxylation sites is 1. The second kappa shape index (κ2) is 8.19. The molecule has 0 aliphatic carbocycles. The van der Waals surface area contributed by atoms with Gasteiger partial charge >= 0.3 is 11.3 Å². The largest absolute Gasteiger partial charge is 0.506 e. The molecule has 1 unspecified atom stereocenters. The third-order valence-corrected chi connectivity index (χ3v) is 4.70. The molecule has 2 aromatic heterocycles. The van der Waals surface area contributed by atoms with Crippen LogP contribution in [0.25, 0.3) is 11.0 Å². The van der Waals surface area contributed by atoms with E-state index in [9.17, 15) is 24.3 Å². The van der Waals surface area contributed by atoms with Gasteiger partial charge in [0.25, 0.3) is 5.56 Å². The molecule has 0 bridgehead atoms. The lowest BCUT2D eigenvalue weighted by atomic mass is 10.1. The van der Waals surface area contributed by atoms with Crippen LogP contribution in [0.2, 0.25) is 0 Å². The highest BCUT2D eigenvalue weighted by Crippen LogP contribution is 2.24. The Morgan fingerprint density at radius 3 is 2.67 bits per heavy atom. The van der Waals surface area contributed by atoms with Gasteiger partial charge in [-0.3, -0.25) is 23.7 Å². The second-order valence-electron chi connectivity index (χ2n) is 6.69. The zero-order valence-electron chi connectivity index (χ0n) is 16.6. The van der Waals surface area contributed by atoms with Crippen LogP contribution in [0.1, 0.15) is 18.2 Å². The molecular formula is C20H20N4O6. The summed E-state index contributed by atoms with van der Waals surface area (Å²) in [6, 6.07) is 6.85. The smallest absolute Gasteiger partial charge is 0.348 e. The predicted molar refractivity (Wildman–Crippen MR) is 110 cm³/mol. The number of aromatic nitrogens is 2. The Hall–Kier alpha value is -3.95. The summed E-state index contributed by atoms with van der Waals surface area (Å²) in [7, 11) is 2.86. The molecule has 0 aliphatic heterocycles. The molecule has 0 fully saturated rings. The summed E-state index contributed by atoms with van der Waals surface area (Å²) in [5, 5.41) is 13.3. The number of aliphatic imine (C=N–C) groups is 1. The maximum absolute atomic E-state index is 12.3. The maximum Gasteiger partial charge on any atom is 0.348 e. The molecule has 0 saturated heterocycles. The van der Waals surface area contributed by atoms with E-state index in [-0.39, 0.29) is 23.4 Å². The van der Waals surface area contributed by atoms with Gasteiger partial charge in [0.2, 0.25) is 5.91 Å². The molecule has 0 spiro atoms. The number of nitrogens with one attached hydrogen (secondary N) is 1. The lowest BCUT2D eigenvalue weighted by Crippen LogP contribution is -2.40. The van der Waals surface area contributed by atoms with Crippen LogP contribution in [-0.4, -0.2) is 32.4 Å². The summed E-state index contributed by atoms with van der Waals surface area (Å²) in [6.45, 7) is 1.44. The molecule has 2 heterocycles. The first-order chi connectivity index (χ1) is 14.2. The molecule has 10 heteroatoms. The van der Waals surface area contributed by atoms with Gasteiger partial charge in [-0.1, -0.05) is 12.1 Å². The van der Waals surface area contributed by atoms with Crippen molar-refractivity contribution in [2.45, 2.75) is 19.5 Å². The van der Waals surface area contributed by atoms with Gasteiger partial charge in [0.05, 0.1) is 11.9 Å². The number of aromatic hydroxyl groups is 1. The molecule has 0 aliphatic rings. The first-order valence-corrected chi connectivity index (χ1v) is 9.02. The fraction of sp³-hybridized carbons (Fsp3) is 0.250. The Balaban J connectivity index is 1.76. The normalized spacial score (nSPS) is 12.4. The van der Waals surface area contributed by atoms with Gasteiger partial charge in [0, 0.05) is 32.1 Å². The topological polar surface area (TPSA) is 136 Å². The third kappa shape index (κ3) is 3.93. The number of rotatable bonds is 5. The zero-order valence-corrected chi connectivity index (χ0v) is 16.6. The van der Waals surface area contributed by atoms with E-state index in [1.807, 2.05) is 0 Å². The number of nitrogens with zero attached hydrogens (tertiary/aromatic N) is 3. The van der Waals surface area contributed by atoms with E-state index >= 15 is 0 Å². The van der Waals surface area contributed by atoms with Crippen molar-refractivity contribution >= 4 is 23.1 Å². The summed E-state index contributed by atoms with van der Waals surface area (Å²) in [6.07, 6.45) is 1.09. The van der Waals surface area contributed by atoms with E-state index in [2.05, 4.69) is 10.3 Å². The predicted octanol–water partition coefficient (Wildman–Crippen LogP) is 0.0198. The molecule has 1 atom stereocenters. The number of fused-ring (bicyclic) bond motifs is 1. The van der Waals surface area contributed by atoms with Crippen LogP contribution >= 0.6 is 0 Å². The molecule has 3 rings (SSSR count). The van der Waals surface area contributed by atoms with Crippen molar-refractivity contribution in [3.8, 4) is 5.75 Å². The molecular weight excluding hydrogens is 392 g/mol. The van der Waals surface area contributed by atoms with Crippen molar-refractivity contribution in [1.29, 1.82) is 0 Å². The van der Waals surface area contributed by atoms with E-state index < -0.39 is 28.8 Å². The van der Waals surface area contributed by atoms with Gasteiger partial charge in [0.1, 0.15) is 22.9 Å². The summed E-state index contributed by atoms with van der Waals surface area (Å²) in [5.41, 5.74) is -1.36. The number of hydrogen-bond donors (Lipinski definition) is 2. The summed E-state index contributed by atoms with van der Waals surface area (Å²) < 4.78 is 7.36. The highest BCUT2D eigenvalue weighted by Gasteiger charge is 2.15. The number of carbonyl (C=O) groups is 1. The van der Waals surface area contributed by atoms with E-state index in [4.69, 9.17) is 4.42 Å². The van der Waals surface area contributed by atoms with Crippen LogP contribution < -0.4 is 22.2 Å². The van der Waals surface area contributed by atoms with Crippen molar-refractivity contribution in [2.75, 3.05) is 0 Å². The van der Waals surface area contributed by atoms with Crippen LogP contribution in [0.4, 0.5) is 0 Å². The second-order valence-corrected chi connectivity index (χ2v) is 6.69. The zero-order chi connectivity index (χ0) is 22.0. The van der Waals surface area contributed by atoms with Crippen molar-refractivity contribution in [1.82, 2.24) is 14.5 Å². The van der Waals surface area contributed by atoms with E-state index in [1.54, 1.807) is 24.3 Å². The van der Waals surface area contributed by atoms with E-state index in [1.165, 1.54) is 31.7 Å². The highest BCUT2D eigenvalue weighted by atomic mass is 16.4. The lowest BCUT2D eigenvalue weighted by Gasteiger charge is -2.12. The van der Waals surface area contributed by atoms with Gasteiger partial charge in [-0.15, -0.1) is 0 Å². The lowest BCUT2D eigenvalue weighted by molar-refractivity contribution is -0.122. The molecule has 2 N–H and O–H groups in total. The van der Waals surface area contributed by atoms with Gasteiger partial charge in [-0.05, 0) is 19.1 Å². The number of hydrogen-bond acceptors (Lipinski definition) is 7. The Bertz CT molecular complexity index is 1330. The quantitative estimate of drug-likeness (QED) is 0.448. The Morgan fingerprint density at radius 1 is 1.23 bits per heavy atom. The van der Waals surface area contributed by atoms with Crippen LogP contribution in [-0.2, 0) is 25.4 Å². The SMILES string of the molecule is CC(N=Cc1c(O)c2ccccc2oc1=O)C(=O)NCc1cc(=O)n(C)c(=O)n1C. The van der Waals surface area contributed by atoms with Gasteiger partial charge in [-0.25, -0.2) is 9.59 Å². The average molecular weight is 412 g/mol. The summed E-state index contributed by atoms with van der Waals surface area (Å²) in [5.74, 6) is -0.780. The van der Waals surface area contributed by atoms with Gasteiger partial charge < -0.3 is 14.8 Å². The van der Waals surface area contributed by atoms with Crippen molar-refractivity contribution in [3.05, 3.63) is 72.8 Å².